The number of aryl methyl sites for hydroxylation is 1. The van der Waals surface area contributed by atoms with Crippen LogP contribution in [0.3, 0.4) is 0 Å². The molecule has 0 unspecified atom stereocenters. The number of hydrogen-bond donors (Lipinski definition) is 1. The maximum absolute atomic E-state index is 12.1. The standard InChI is InChI=1S/C13H13ClN2OS/c14-8-6-11(18-7-8)12-15-10-5-3-1-2-4-9(10)13(17)16-12/h6-7H,1-5H2,(H,15,16,17). The molecule has 1 aliphatic rings. The molecule has 0 saturated heterocycles. The van der Waals surface area contributed by atoms with E-state index in [1.54, 1.807) is 0 Å². The van der Waals surface area contributed by atoms with Crippen molar-refractivity contribution in [3.05, 3.63) is 38.1 Å². The molecule has 3 nitrogen and oxygen atoms in total. The number of nitrogens with one attached hydrogen (secondary N) is 1. The van der Waals surface area contributed by atoms with E-state index >= 15 is 0 Å². The Morgan fingerprint density at radius 2 is 2.11 bits per heavy atom. The van der Waals surface area contributed by atoms with E-state index in [2.05, 4.69) is 9.97 Å². The lowest BCUT2D eigenvalue weighted by molar-refractivity contribution is 0.708. The average molecular weight is 281 g/mol. The third-order valence-electron chi connectivity index (χ3n) is 3.24. The van der Waals surface area contributed by atoms with Gasteiger partial charge in [-0.05, 0) is 31.7 Å². The SMILES string of the molecule is O=c1[nH]c(-c2cc(Cl)cs2)nc2c1CCCCC2. The summed E-state index contributed by atoms with van der Waals surface area (Å²) in [7, 11) is 0. The molecule has 0 spiro atoms. The fourth-order valence-corrected chi connectivity index (χ4v) is 3.35. The molecule has 0 saturated carbocycles. The van der Waals surface area contributed by atoms with Gasteiger partial charge in [-0.25, -0.2) is 4.98 Å². The molecule has 3 rings (SSSR count). The first-order valence-electron chi connectivity index (χ1n) is 6.10. The van der Waals surface area contributed by atoms with Gasteiger partial charge in [-0.1, -0.05) is 18.0 Å². The molecule has 18 heavy (non-hydrogen) atoms. The van der Waals surface area contributed by atoms with Crippen LogP contribution in [0.2, 0.25) is 5.02 Å². The first-order chi connectivity index (χ1) is 8.74. The van der Waals surface area contributed by atoms with Crippen molar-refractivity contribution in [1.29, 1.82) is 0 Å². The largest absolute Gasteiger partial charge is 0.306 e. The van der Waals surface area contributed by atoms with Gasteiger partial charge in [0.25, 0.3) is 5.56 Å². The lowest BCUT2D eigenvalue weighted by atomic mass is 10.1. The van der Waals surface area contributed by atoms with E-state index < -0.39 is 0 Å². The third-order valence-corrected chi connectivity index (χ3v) is 4.53. The minimum atomic E-state index is 0.0152. The Bertz CT molecular complexity index is 632. The molecular weight excluding hydrogens is 268 g/mol. The summed E-state index contributed by atoms with van der Waals surface area (Å²) < 4.78 is 0. The minimum absolute atomic E-state index is 0.0152. The van der Waals surface area contributed by atoms with E-state index in [1.807, 2.05) is 11.4 Å². The van der Waals surface area contributed by atoms with Crippen LogP contribution in [0.15, 0.2) is 16.2 Å². The van der Waals surface area contributed by atoms with Crippen LogP contribution >= 0.6 is 22.9 Å². The van der Waals surface area contributed by atoms with Crippen molar-refractivity contribution < 1.29 is 0 Å². The number of hydrogen-bond acceptors (Lipinski definition) is 3. The highest BCUT2D eigenvalue weighted by Crippen LogP contribution is 2.27. The highest BCUT2D eigenvalue weighted by molar-refractivity contribution is 7.14. The van der Waals surface area contributed by atoms with Crippen molar-refractivity contribution in [3.8, 4) is 10.7 Å². The van der Waals surface area contributed by atoms with E-state index in [0.29, 0.717) is 10.8 Å². The van der Waals surface area contributed by atoms with Gasteiger partial charge < -0.3 is 4.98 Å². The number of aromatic nitrogens is 2. The summed E-state index contributed by atoms with van der Waals surface area (Å²) in [5, 5.41) is 2.54. The van der Waals surface area contributed by atoms with E-state index in [4.69, 9.17) is 11.6 Å². The van der Waals surface area contributed by atoms with E-state index in [1.165, 1.54) is 17.8 Å². The number of thiophene rings is 1. The maximum Gasteiger partial charge on any atom is 0.254 e. The van der Waals surface area contributed by atoms with Gasteiger partial charge >= 0.3 is 0 Å². The molecule has 0 aliphatic heterocycles. The van der Waals surface area contributed by atoms with Gasteiger partial charge in [-0.2, -0.15) is 0 Å². The highest BCUT2D eigenvalue weighted by atomic mass is 35.5. The highest BCUT2D eigenvalue weighted by Gasteiger charge is 2.15. The Kier molecular flexibility index (Phi) is 3.22. The second kappa shape index (κ2) is 4.86. The van der Waals surface area contributed by atoms with Gasteiger partial charge in [0.15, 0.2) is 5.82 Å². The lowest BCUT2D eigenvalue weighted by Gasteiger charge is -2.05. The molecule has 0 atom stereocenters. The molecular formula is C13H13ClN2OS. The van der Waals surface area contributed by atoms with Crippen LogP contribution in [0.25, 0.3) is 10.7 Å². The summed E-state index contributed by atoms with van der Waals surface area (Å²) in [4.78, 5) is 20.5. The van der Waals surface area contributed by atoms with Crippen LogP contribution in [0.4, 0.5) is 0 Å². The first-order valence-corrected chi connectivity index (χ1v) is 7.36. The zero-order chi connectivity index (χ0) is 12.5. The Morgan fingerprint density at radius 1 is 1.28 bits per heavy atom. The van der Waals surface area contributed by atoms with Gasteiger partial charge in [0.2, 0.25) is 0 Å². The smallest absolute Gasteiger partial charge is 0.254 e. The normalized spacial score (nSPS) is 15.2. The predicted molar refractivity (Wildman–Crippen MR) is 74.4 cm³/mol. The number of H-pyrrole nitrogens is 1. The molecule has 0 aromatic carbocycles. The molecule has 0 fully saturated rings. The average Bonchev–Trinajstić information content (AvgIpc) is 2.63. The summed E-state index contributed by atoms with van der Waals surface area (Å²) in [6.07, 6.45) is 5.14. The Labute approximate surface area is 114 Å². The number of nitrogens with zero attached hydrogens (tertiary/aromatic N) is 1. The summed E-state index contributed by atoms with van der Waals surface area (Å²) in [5.41, 5.74) is 1.86. The first kappa shape index (κ1) is 11.9. The molecule has 1 aliphatic carbocycles. The van der Waals surface area contributed by atoms with E-state index in [9.17, 15) is 4.79 Å². The minimum Gasteiger partial charge on any atom is -0.306 e. The summed E-state index contributed by atoms with van der Waals surface area (Å²) in [6.45, 7) is 0. The van der Waals surface area contributed by atoms with Crippen molar-refractivity contribution in [2.75, 3.05) is 0 Å². The molecule has 94 valence electrons. The van der Waals surface area contributed by atoms with Gasteiger partial charge in [0.1, 0.15) is 0 Å². The quantitative estimate of drug-likeness (QED) is 0.814. The molecule has 0 radical (unpaired) electrons. The Hall–Kier alpha value is -1.13. The Balaban J connectivity index is 2.10. The fraction of sp³-hybridized carbons (Fsp3) is 0.385. The monoisotopic (exact) mass is 280 g/mol. The van der Waals surface area contributed by atoms with Crippen molar-refractivity contribution in [3.63, 3.8) is 0 Å². The van der Waals surface area contributed by atoms with E-state index in [0.717, 1.165) is 41.8 Å². The van der Waals surface area contributed by atoms with Crippen LogP contribution in [-0.2, 0) is 12.8 Å². The van der Waals surface area contributed by atoms with Gasteiger partial charge in [-0.15, -0.1) is 11.3 Å². The van der Waals surface area contributed by atoms with Gasteiger partial charge in [0.05, 0.1) is 15.6 Å². The zero-order valence-electron chi connectivity index (χ0n) is 9.83. The second-order valence-electron chi connectivity index (χ2n) is 4.53. The van der Waals surface area contributed by atoms with Crippen LogP contribution in [0.1, 0.15) is 30.5 Å². The van der Waals surface area contributed by atoms with Gasteiger partial charge in [-0.3, -0.25) is 4.79 Å². The zero-order valence-corrected chi connectivity index (χ0v) is 11.4. The molecule has 2 aromatic rings. The third kappa shape index (κ3) is 2.22. The molecule has 2 heterocycles. The Morgan fingerprint density at radius 3 is 2.89 bits per heavy atom. The lowest BCUT2D eigenvalue weighted by Crippen LogP contribution is -2.17. The van der Waals surface area contributed by atoms with Crippen LogP contribution in [0, 0.1) is 0 Å². The van der Waals surface area contributed by atoms with Crippen molar-refractivity contribution >= 4 is 22.9 Å². The van der Waals surface area contributed by atoms with Crippen molar-refractivity contribution in [2.45, 2.75) is 32.1 Å². The number of halogens is 1. The second-order valence-corrected chi connectivity index (χ2v) is 5.88. The molecule has 1 N–H and O–H groups in total. The topological polar surface area (TPSA) is 45.8 Å². The van der Waals surface area contributed by atoms with Crippen LogP contribution in [-0.4, -0.2) is 9.97 Å². The summed E-state index contributed by atoms with van der Waals surface area (Å²) >= 11 is 7.41. The number of fused-ring (bicyclic) bond motifs is 1. The van der Waals surface area contributed by atoms with Crippen molar-refractivity contribution in [1.82, 2.24) is 9.97 Å². The van der Waals surface area contributed by atoms with Gasteiger partial charge in [0, 0.05) is 10.9 Å². The summed E-state index contributed by atoms with van der Waals surface area (Å²) in [6, 6.07) is 1.84. The molecule has 2 aromatic heterocycles. The summed E-state index contributed by atoms with van der Waals surface area (Å²) in [5.74, 6) is 0.651. The predicted octanol–water partition coefficient (Wildman–Crippen LogP) is 3.42. The molecule has 5 heteroatoms. The molecule has 0 amide bonds. The van der Waals surface area contributed by atoms with E-state index in [-0.39, 0.29) is 5.56 Å². The van der Waals surface area contributed by atoms with Crippen LogP contribution < -0.4 is 5.56 Å². The molecule has 0 bridgehead atoms. The van der Waals surface area contributed by atoms with Crippen molar-refractivity contribution in [2.24, 2.45) is 0 Å². The fourth-order valence-electron chi connectivity index (χ4n) is 2.33. The number of rotatable bonds is 1. The van der Waals surface area contributed by atoms with Crippen LogP contribution in [0.5, 0.6) is 0 Å². The number of aromatic amines is 1. The maximum atomic E-state index is 12.1.